The fraction of sp³-hybridized carbons (Fsp3) is 0.192. The SMILES string of the molecule is Cc1ccc(NC(=O)CN(C)C(=O)C(Cc2c[nH]c3ccccc23)NC(=O)c2cccs2)cc1. The number of rotatable bonds is 8. The van der Waals surface area contributed by atoms with Crippen molar-refractivity contribution in [3.05, 3.63) is 88.2 Å². The first-order chi connectivity index (χ1) is 16.4. The molecule has 0 bridgehead atoms. The van der Waals surface area contributed by atoms with E-state index >= 15 is 0 Å². The summed E-state index contributed by atoms with van der Waals surface area (Å²) in [4.78, 5) is 43.8. The first-order valence-corrected chi connectivity index (χ1v) is 11.8. The van der Waals surface area contributed by atoms with E-state index in [1.165, 1.54) is 16.2 Å². The number of para-hydroxylation sites is 1. The number of benzene rings is 2. The van der Waals surface area contributed by atoms with Crippen LogP contribution in [-0.4, -0.2) is 47.2 Å². The number of hydrogen-bond acceptors (Lipinski definition) is 4. The summed E-state index contributed by atoms with van der Waals surface area (Å²) in [5.41, 5.74) is 3.63. The number of hydrogen-bond donors (Lipinski definition) is 3. The molecule has 0 aliphatic rings. The second-order valence-electron chi connectivity index (χ2n) is 8.18. The van der Waals surface area contributed by atoms with E-state index < -0.39 is 6.04 Å². The summed E-state index contributed by atoms with van der Waals surface area (Å²) in [6, 6.07) is 17.9. The topological polar surface area (TPSA) is 94.3 Å². The summed E-state index contributed by atoms with van der Waals surface area (Å²) in [6.45, 7) is 1.84. The molecule has 3 amide bonds. The fourth-order valence-electron chi connectivity index (χ4n) is 3.75. The molecule has 2 heterocycles. The van der Waals surface area contributed by atoms with E-state index in [-0.39, 0.29) is 24.3 Å². The normalized spacial score (nSPS) is 11.7. The number of fused-ring (bicyclic) bond motifs is 1. The lowest BCUT2D eigenvalue weighted by molar-refractivity contribution is -0.135. The van der Waals surface area contributed by atoms with E-state index in [4.69, 9.17) is 0 Å². The maximum atomic E-state index is 13.4. The van der Waals surface area contributed by atoms with Gasteiger partial charge in [-0.15, -0.1) is 11.3 Å². The van der Waals surface area contributed by atoms with Crippen molar-refractivity contribution < 1.29 is 14.4 Å². The van der Waals surface area contributed by atoms with Crippen molar-refractivity contribution in [2.24, 2.45) is 0 Å². The number of carbonyl (C=O) groups excluding carboxylic acids is 3. The summed E-state index contributed by atoms with van der Waals surface area (Å²) in [5.74, 6) is -0.963. The zero-order valence-electron chi connectivity index (χ0n) is 19.0. The molecule has 4 aromatic rings. The number of nitrogens with one attached hydrogen (secondary N) is 3. The molecule has 0 aliphatic heterocycles. The molecular formula is C26H26N4O3S. The number of aromatic amines is 1. The van der Waals surface area contributed by atoms with Gasteiger partial charge in [0.1, 0.15) is 6.04 Å². The van der Waals surface area contributed by atoms with Crippen LogP contribution in [0.1, 0.15) is 20.8 Å². The van der Waals surface area contributed by atoms with Gasteiger partial charge in [0.05, 0.1) is 11.4 Å². The van der Waals surface area contributed by atoms with Gasteiger partial charge in [0.2, 0.25) is 11.8 Å². The summed E-state index contributed by atoms with van der Waals surface area (Å²) in [7, 11) is 1.57. The Balaban J connectivity index is 1.49. The molecular weight excluding hydrogens is 448 g/mol. The molecule has 4 rings (SSSR count). The Bertz CT molecular complexity index is 1300. The van der Waals surface area contributed by atoms with Crippen LogP contribution in [0.25, 0.3) is 10.9 Å². The molecule has 7 nitrogen and oxygen atoms in total. The summed E-state index contributed by atoms with van der Waals surface area (Å²) >= 11 is 1.31. The molecule has 174 valence electrons. The van der Waals surface area contributed by atoms with Crippen molar-refractivity contribution in [1.82, 2.24) is 15.2 Å². The lowest BCUT2D eigenvalue weighted by Crippen LogP contribution is -2.50. The van der Waals surface area contributed by atoms with Gasteiger partial charge in [-0.1, -0.05) is 42.0 Å². The highest BCUT2D eigenvalue weighted by Gasteiger charge is 2.27. The van der Waals surface area contributed by atoms with Crippen LogP contribution in [0.5, 0.6) is 0 Å². The van der Waals surface area contributed by atoms with Crippen molar-refractivity contribution in [2.45, 2.75) is 19.4 Å². The number of likely N-dealkylation sites (N-methyl/N-ethyl adjacent to an activating group) is 1. The van der Waals surface area contributed by atoms with E-state index in [1.54, 1.807) is 19.2 Å². The van der Waals surface area contributed by atoms with Gasteiger partial charge in [0, 0.05) is 36.3 Å². The van der Waals surface area contributed by atoms with Crippen LogP contribution >= 0.6 is 11.3 Å². The number of anilines is 1. The van der Waals surface area contributed by atoms with Crippen LogP contribution < -0.4 is 10.6 Å². The molecule has 8 heteroatoms. The lowest BCUT2D eigenvalue weighted by atomic mass is 10.0. The summed E-state index contributed by atoms with van der Waals surface area (Å²) in [5, 5.41) is 8.47. The Labute approximate surface area is 201 Å². The average molecular weight is 475 g/mol. The molecule has 0 aliphatic carbocycles. The first kappa shape index (κ1) is 23.3. The lowest BCUT2D eigenvalue weighted by Gasteiger charge is -2.24. The zero-order valence-corrected chi connectivity index (χ0v) is 19.8. The summed E-state index contributed by atoms with van der Waals surface area (Å²) in [6.07, 6.45) is 2.15. The first-order valence-electron chi connectivity index (χ1n) is 10.9. The maximum absolute atomic E-state index is 13.4. The van der Waals surface area contributed by atoms with E-state index in [2.05, 4.69) is 15.6 Å². The van der Waals surface area contributed by atoms with E-state index in [1.807, 2.05) is 67.0 Å². The Morgan fingerprint density at radius 3 is 2.53 bits per heavy atom. The van der Waals surface area contributed by atoms with Gasteiger partial charge in [-0.25, -0.2) is 0 Å². The maximum Gasteiger partial charge on any atom is 0.262 e. The molecule has 3 N–H and O–H groups in total. The summed E-state index contributed by atoms with van der Waals surface area (Å²) < 4.78 is 0. The standard InChI is InChI=1S/C26H26N4O3S/c1-17-9-11-19(12-10-17)28-24(31)16-30(2)26(33)22(29-25(32)23-8-5-13-34-23)14-18-15-27-21-7-4-3-6-20(18)21/h3-13,15,22,27H,14,16H2,1-2H3,(H,28,31)(H,29,32). The molecule has 0 saturated heterocycles. The quantitative estimate of drug-likeness (QED) is 0.361. The van der Waals surface area contributed by atoms with Crippen molar-refractivity contribution in [3.8, 4) is 0 Å². The minimum Gasteiger partial charge on any atom is -0.361 e. The number of nitrogens with zero attached hydrogens (tertiary/aromatic N) is 1. The Morgan fingerprint density at radius 2 is 1.79 bits per heavy atom. The molecule has 34 heavy (non-hydrogen) atoms. The molecule has 0 fully saturated rings. The minimum atomic E-state index is -0.828. The zero-order chi connectivity index (χ0) is 24.1. The Kier molecular flexibility index (Phi) is 7.08. The van der Waals surface area contributed by atoms with Crippen molar-refractivity contribution in [2.75, 3.05) is 18.9 Å². The monoisotopic (exact) mass is 474 g/mol. The van der Waals surface area contributed by atoms with Crippen LogP contribution in [0.4, 0.5) is 5.69 Å². The number of H-pyrrole nitrogens is 1. The van der Waals surface area contributed by atoms with E-state index in [9.17, 15) is 14.4 Å². The second kappa shape index (κ2) is 10.4. The van der Waals surface area contributed by atoms with Gasteiger partial charge in [-0.05, 0) is 42.1 Å². The molecule has 1 unspecified atom stereocenters. The largest absolute Gasteiger partial charge is 0.361 e. The van der Waals surface area contributed by atoms with E-state index in [0.717, 1.165) is 22.0 Å². The molecule has 0 spiro atoms. The van der Waals surface area contributed by atoms with E-state index in [0.29, 0.717) is 17.0 Å². The fourth-order valence-corrected chi connectivity index (χ4v) is 4.38. The molecule has 0 saturated carbocycles. The number of thiophene rings is 1. The Morgan fingerprint density at radius 1 is 1.03 bits per heavy atom. The van der Waals surface area contributed by atoms with Crippen LogP contribution in [0.15, 0.2) is 72.2 Å². The smallest absolute Gasteiger partial charge is 0.262 e. The second-order valence-corrected chi connectivity index (χ2v) is 9.12. The van der Waals surface area contributed by atoms with Crippen molar-refractivity contribution in [1.29, 1.82) is 0 Å². The van der Waals surface area contributed by atoms with Gasteiger partial charge < -0.3 is 20.5 Å². The van der Waals surface area contributed by atoms with Gasteiger partial charge in [0.15, 0.2) is 0 Å². The van der Waals surface area contributed by atoms with Crippen molar-refractivity contribution in [3.63, 3.8) is 0 Å². The molecule has 2 aromatic carbocycles. The van der Waals surface area contributed by atoms with Crippen LogP contribution in [0.2, 0.25) is 0 Å². The molecule has 1 atom stereocenters. The third kappa shape index (κ3) is 5.52. The predicted molar refractivity (Wildman–Crippen MR) is 135 cm³/mol. The highest BCUT2D eigenvalue weighted by molar-refractivity contribution is 7.12. The predicted octanol–water partition coefficient (Wildman–Crippen LogP) is 3.98. The van der Waals surface area contributed by atoms with Gasteiger partial charge in [-0.3, -0.25) is 14.4 Å². The number of aromatic nitrogens is 1. The number of amides is 3. The Hall–Kier alpha value is -3.91. The van der Waals surface area contributed by atoms with Gasteiger partial charge in [-0.2, -0.15) is 0 Å². The molecule has 2 aromatic heterocycles. The highest BCUT2D eigenvalue weighted by Crippen LogP contribution is 2.20. The number of carbonyl (C=O) groups is 3. The molecule has 0 radical (unpaired) electrons. The minimum absolute atomic E-state index is 0.133. The average Bonchev–Trinajstić information content (AvgIpc) is 3.50. The third-order valence-corrected chi connectivity index (χ3v) is 6.41. The van der Waals surface area contributed by atoms with Crippen LogP contribution in [0.3, 0.4) is 0 Å². The van der Waals surface area contributed by atoms with Gasteiger partial charge >= 0.3 is 0 Å². The third-order valence-electron chi connectivity index (χ3n) is 5.54. The van der Waals surface area contributed by atoms with Crippen molar-refractivity contribution >= 4 is 45.6 Å². The number of aryl methyl sites for hydroxylation is 1. The van der Waals surface area contributed by atoms with Crippen LogP contribution in [-0.2, 0) is 16.0 Å². The highest BCUT2D eigenvalue weighted by atomic mass is 32.1. The van der Waals surface area contributed by atoms with Gasteiger partial charge in [0.25, 0.3) is 5.91 Å². The van der Waals surface area contributed by atoms with Crippen LogP contribution in [0, 0.1) is 6.92 Å².